The summed E-state index contributed by atoms with van der Waals surface area (Å²) in [6.45, 7) is 2.28. The first-order chi connectivity index (χ1) is 9.54. The number of rotatable bonds is 6. The van der Waals surface area contributed by atoms with Gasteiger partial charge in [0.25, 0.3) is 5.91 Å². The Bertz CT molecular complexity index is 488. The number of ether oxygens (including phenoxy) is 2. The Morgan fingerprint density at radius 1 is 1.30 bits per heavy atom. The van der Waals surface area contributed by atoms with Gasteiger partial charge in [0.05, 0.1) is 25.5 Å². The number of anilines is 1. The minimum Gasteiger partial charge on any atom is -0.494 e. The molecule has 1 aromatic rings. The molecule has 0 heterocycles. The summed E-state index contributed by atoms with van der Waals surface area (Å²) in [5.41, 5.74) is 6.50. The lowest BCUT2D eigenvalue weighted by molar-refractivity contribution is -0.141. The van der Waals surface area contributed by atoms with Crippen LogP contribution in [0, 0.1) is 0 Å². The number of esters is 1. The van der Waals surface area contributed by atoms with Crippen molar-refractivity contribution in [3.05, 3.63) is 23.8 Å². The van der Waals surface area contributed by atoms with E-state index in [0.29, 0.717) is 23.5 Å². The second kappa shape index (κ2) is 7.37. The highest BCUT2D eigenvalue weighted by Crippen LogP contribution is 2.27. The number of hydrogen-bond donors (Lipinski definition) is 1. The maximum atomic E-state index is 12.5. The first-order valence-corrected chi connectivity index (χ1v) is 6.33. The summed E-state index contributed by atoms with van der Waals surface area (Å²) in [5, 5.41) is 0. The molecule has 0 aliphatic rings. The number of nitrogens with zero attached hydrogens (tertiary/aromatic N) is 1. The third-order valence-corrected chi connectivity index (χ3v) is 2.81. The van der Waals surface area contributed by atoms with Crippen molar-refractivity contribution in [3.63, 3.8) is 0 Å². The molecular weight excluding hydrogens is 260 g/mol. The molecule has 0 fully saturated rings. The van der Waals surface area contributed by atoms with E-state index in [4.69, 9.17) is 10.5 Å². The molecule has 20 heavy (non-hydrogen) atoms. The predicted octanol–water partition coefficient (Wildman–Crippen LogP) is 1.30. The summed E-state index contributed by atoms with van der Waals surface area (Å²) >= 11 is 0. The number of carbonyl (C=O) groups is 2. The summed E-state index contributed by atoms with van der Waals surface area (Å²) in [4.78, 5) is 25.3. The minimum atomic E-state index is -0.463. The van der Waals surface area contributed by atoms with Crippen LogP contribution in [0.5, 0.6) is 5.75 Å². The Kier molecular flexibility index (Phi) is 5.83. The Hall–Kier alpha value is -2.24. The zero-order valence-corrected chi connectivity index (χ0v) is 12.0. The summed E-state index contributed by atoms with van der Waals surface area (Å²) in [5.74, 6) is -0.445. The molecule has 6 nitrogen and oxygen atoms in total. The number of hydrogen-bond acceptors (Lipinski definition) is 5. The van der Waals surface area contributed by atoms with Crippen LogP contribution in [0.2, 0.25) is 0 Å². The molecule has 0 aliphatic carbocycles. The second-order valence-corrected chi connectivity index (χ2v) is 4.23. The average Bonchev–Trinajstić information content (AvgIpc) is 2.45. The fraction of sp³-hybridized carbons (Fsp3) is 0.429. The highest BCUT2D eigenvalue weighted by molar-refractivity contribution is 5.99. The number of carbonyl (C=O) groups excluding carboxylic acids is 2. The van der Waals surface area contributed by atoms with E-state index < -0.39 is 5.97 Å². The Balaban J connectivity index is 3.06. The van der Waals surface area contributed by atoms with Crippen LogP contribution in [0.3, 0.4) is 0 Å². The van der Waals surface area contributed by atoms with Crippen LogP contribution in [0.1, 0.15) is 23.7 Å². The standard InChI is InChI=1S/C14H20N2O4/c1-4-8-16(9-12(17)19-2)14(18)10-6-5-7-11(15)13(10)20-3/h5-7H,4,8-9,15H2,1-3H3. The molecule has 0 aliphatic heterocycles. The van der Waals surface area contributed by atoms with Gasteiger partial charge in [-0.25, -0.2) is 0 Å². The van der Waals surface area contributed by atoms with E-state index in [1.807, 2.05) is 6.92 Å². The third-order valence-electron chi connectivity index (χ3n) is 2.81. The van der Waals surface area contributed by atoms with Gasteiger partial charge in [0, 0.05) is 6.54 Å². The molecule has 0 unspecified atom stereocenters. The molecule has 0 spiro atoms. The molecule has 0 radical (unpaired) electrons. The van der Waals surface area contributed by atoms with Crippen LogP contribution in [0.4, 0.5) is 5.69 Å². The SMILES string of the molecule is CCCN(CC(=O)OC)C(=O)c1cccc(N)c1OC. The van der Waals surface area contributed by atoms with Crippen molar-refractivity contribution in [2.45, 2.75) is 13.3 Å². The number of nitrogens with two attached hydrogens (primary N) is 1. The van der Waals surface area contributed by atoms with E-state index in [0.717, 1.165) is 6.42 Å². The number of benzene rings is 1. The number of methoxy groups -OCH3 is 2. The molecule has 0 saturated heterocycles. The van der Waals surface area contributed by atoms with E-state index in [1.165, 1.54) is 19.1 Å². The highest BCUT2D eigenvalue weighted by Gasteiger charge is 2.22. The van der Waals surface area contributed by atoms with Crippen molar-refractivity contribution in [2.24, 2.45) is 0 Å². The van der Waals surface area contributed by atoms with Gasteiger partial charge in [-0.3, -0.25) is 9.59 Å². The largest absolute Gasteiger partial charge is 0.494 e. The van der Waals surface area contributed by atoms with Gasteiger partial charge < -0.3 is 20.1 Å². The maximum Gasteiger partial charge on any atom is 0.325 e. The molecule has 6 heteroatoms. The number of amides is 1. The fourth-order valence-electron chi connectivity index (χ4n) is 1.86. The summed E-state index contributed by atoms with van der Waals surface area (Å²) < 4.78 is 9.77. The van der Waals surface area contributed by atoms with Crippen LogP contribution < -0.4 is 10.5 Å². The molecular formula is C14H20N2O4. The van der Waals surface area contributed by atoms with E-state index in [-0.39, 0.29) is 12.5 Å². The van der Waals surface area contributed by atoms with Gasteiger partial charge >= 0.3 is 5.97 Å². The molecule has 110 valence electrons. The molecule has 2 N–H and O–H groups in total. The van der Waals surface area contributed by atoms with E-state index in [9.17, 15) is 9.59 Å². The zero-order valence-electron chi connectivity index (χ0n) is 12.0. The molecule has 1 aromatic carbocycles. The van der Waals surface area contributed by atoms with E-state index >= 15 is 0 Å². The highest BCUT2D eigenvalue weighted by atomic mass is 16.5. The van der Waals surface area contributed by atoms with Gasteiger partial charge in [-0.2, -0.15) is 0 Å². The third kappa shape index (κ3) is 3.63. The smallest absolute Gasteiger partial charge is 0.325 e. The molecule has 0 bridgehead atoms. The monoisotopic (exact) mass is 280 g/mol. The molecule has 0 saturated carbocycles. The van der Waals surface area contributed by atoms with Gasteiger partial charge in [0.1, 0.15) is 6.54 Å². The normalized spacial score (nSPS) is 9.95. The fourth-order valence-corrected chi connectivity index (χ4v) is 1.86. The lowest BCUT2D eigenvalue weighted by Crippen LogP contribution is -2.37. The Morgan fingerprint density at radius 3 is 2.55 bits per heavy atom. The van der Waals surface area contributed by atoms with Gasteiger partial charge in [0.2, 0.25) is 0 Å². The maximum absolute atomic E-state index is 12.5. The van der Waals surface area contributed by atoms with Crippen LogP contribution in [0.25, 0.3) is 0 Å². The first kappa shape index (κ1) is 15.8. The van der Waals surface area contributed by atoms with Crippen molar-refractivity contribution in [3.8, 4) is 5.75 Å². The second-order valence-electron chi connectivity index (χ2n) is 4.23. The van der Waals surface area contributed by atoms with Crippen LogP contribution >= 0.6 is 0 Å². The predicted molar refractivity (Wildman–Crippen MR) is 75.6 cm³/mol. The van der Waals surface area contributed by atoms with Gasteiger partial charge in [-0.15, -0.1) is 0 Å². The van der Waals surface area contributed by atoms with Gasteiger partial charge in [-0.05, 0) is 18.6 Å². The lowest BCUT2D eigenvalue weighted by atomic mass is 10.1. The molecule has 1 rings (SSSR count). The van der Waals surface area contributed by atoms with Crippen molar-refractivity contribution in [2.75, 3.05) is 33.0 Å². The van der Waals surface area contributed by atoms with Crippen molar-refractivity contribution >= 4 is 17.6 Å². The summed E-state index contributed by atoms with van der Waals surface area (Å²) in [7, 11) is 2.74. The Labute approximate surface area is 118 Å². The minimum absolute atomic E-state index is 0.0961. The van der Waals surface area contributed by atoms with E-state index in [2.05, 4.69) is 4.74 Å². The van der Waals surface area contributed by atoms with Crippen molar-refractivity contribution in [1.82, 2.24) is 4.90 Å². The zero-order chi connectivity index (χ0) is 15.1. The van der Waals surface area contributed by atoms with Crippen LogP contribution in [-0.4, -0.2) is 44.1 Å². The summed E-state index contributed by atoms with van der Waals surface area (Å²) in [6, 6.07) is 4.95. The average molecular weight is 280 g/mol. The quantitative estimate of drug-likeness (QED) is 0.627. The van der Waals surface area contributed by atoms with Crippen molar-refractivity contribution < 1.29 is 19.1 Å². The first-order valence-electron chi connectivity index (χ1n) is 6.33. The molecule has 0 atom stereocenters. The number of nitrogen functional groups attached to an aromatic ring is 1. The lowest BCUT2D eigenvalue weighted by Gasteiger charge is -2.22. The van der Waals surface area contributed by atoms with Gasteiger partial charge in [-0.1, -0.05) is 13.0 Å². The van der Waals surface area contributed by atoms with Crippen LogP contribution in [0.15, 0.2) is 18.2 Å². The molecule has 1 amide bonds. The van der Waals surface area contributed by atoms with Gasteiger partial charge in [0.15, 0.2) is 5.75 Å². The van der Waals surface area contributed by atoms with Crippen molar-refractivity contribution in [1.29, 1.82) is 0 Å². The summed E-state index contributed by atoms with van der Waals surface area (Å²) in [6.07, 6.45) is 0.730. The van der Waals surface area contributed by atoms with E-state index in [1.54, 1.807) is 18.2 Å². The number of para-hydroxylation sites is 1. The van der Waals surface area contributed by atoms with Crippen LogP contribution in [-0.2, 0) is 9.53 Å². The molecule has 0 aromatic heterocycles. The topological polar surface area (TPSA) is 81.9 Å². The Morgan fingerprint density at radius 2 is 2.00 bits per heavy atom.